The van der Waals surface area contributed by atoms with E-state index in [1.165, 1.54) is 23.1 Å². The fraction of sp³-hybridized carbons (Fsp3) is 0.438. The zero-order valence-corrected chi connectivity index (χ0v) is 11.7. The number of benzene rings is 1. The quantitative estimate of drug-likeness (QED) is 0.885. The number of aromatic amines is 1. The van der Waals surface area contributed by atoms with Crippen LogP contribution in [0.3, 0.4) is 0 Å². The third-order valence-corrected chi connectivity index (χ3v) is 4.09. The van der Waals surface area contributed by atoms with Crippen LogP contribution in [0.15, 0.2) is 24.4 Å². The zero-order valence-electron chi connectivity index (χ0n) is 11.7. The molecule has 1 aromatic carbocycles. The van der Waals surface area contributed by atoms with Gasteiger partial charge >= 0.3 is 0 Å². The van der Waals surface area contributed by atoms with Crippen LogP contribution in [-0.4, -0.2) is 23.1 Å². The molecule has 1 atom stereocenters. The largest absolute Gasteiger partial charge is 0.342 e. The lowest BCUT2D eigenvalue weighted by atomic mass is 10.0. The monoisotopic (exact) mass is 255 g/mol. The van der Waals surface area contributed by atoms with Gasteiger partial charge < -0.3 is 10.3 Å². The third-order valence-electron chi connectivity index (χ3n) is 4.09. The highest BCUT2D eigenvalue weighted by atomic mass is 14.9. The summed E-state index contributed by atoms with van der Waals surface area (Å²) in [6.45, 7) is 6.57. The van der Waals surface area contributed by atoms with Crippen molar-refractivity contribution < 1.29 is 0 Å². The van der Waals surface area contributed by atoms with Gasteiger partial charge in [-0.05, 0) is 62.0 Å². The van der Waals surface area contributed by atoms with Gasteiger partial charge in [0.25, 0.3) is 0 Å². The number of aromatic nitrogens is 2. The predicted octanol–water partition coefficient (Wildman–Crippen LogP) is 2.85. The molecule has 2 aromatic rings. The molecule has 1 saturated heterocycles. The van der Waals surface area contributed by atoms with Crippen LogP contribution in [0.25, 0.3) is 11.3 Å². The van der Waals surface area contributed by atoms with E-state index in [1.807, 2.05) is 6.20 Å². The molecular weight excluding hydrogens is 234 g/mol. The molecule has 0 radical (unpaired) electrons. The third kappa shape index (κ3) is 2.71. The fourth-order valence-electron chi connectivity index (χ4n) is 2.68. The van der Waals surface area contributed by atoms with E-state index in [0.717, 1.165) is 36.9 Å². The van der Waals surface area contributed by atoms with Gasteiger partial charge in [-0.3, -0.25) is 0 Å². The number of aryl methyl sites for hydroxylation is 2. The molecule has 3 heteroatoms. The molecule has 0 amide bonds. The second-order valence-corrected chi connectivity index (χ2v) is 5.61. The molecule has 0 aliphatic carbocycles. The first-order valence-corrected chi connectivity index (χ1v) is 7.04. The van der Waals surface area contributed by atoms with Gasteiger partial charge in [0.2, 0.25) is 0 Å². The maximum absolute atomic E-state index is 4.52. The van der Waals surface area contributed by atoms with Crippen molar-refractivity contribution in [3.8, 4) is 11.3 Å². The van der Waals surface area contributed by atoms with Crippen LogP contribution >= 0.6 is 0 Å². The van der Waals surface area contributed by atoms with Crippen molar-refractivity contribution in [2.45, 2.75) is 26.7 Å². The Morgan fingerprint density at radius 2 is 2.16 bits per heavy atom. The van der Waals surface area contributed by atoms with Crippen molar-refractivity contribution in [2.24, 2.45) is 5.92 Å². The van der Waals surface area contributed by atoms with Crippen LogP contribution in [0.4, 0.5) is 0 Å². The van der Waals surface area contributed by atoms with Crippen molar-refractivity contribution in [3.05, 3.63) is 41.3 Å². The number of nitrogens with zero attached hydrogens (tertiary/aromatic N) is 1. The molecule has 0 saturated carbocycles. The number of hydrogen-bond donors (Lipinski definition) is 2. The van der Waals surface area contributed by atoms with Crippen LogP contribution in [0.1, 0.15) is 23.4 Å². The summed E-state index contributed by atoms with van der Waals surface area (Å²) in [4.78, 5) is 7.99. The molecule has 0 bridgehead atoms. The van der Waals surface area contributed by atoms with Crippen LogP contribution in [0.5, 0.6) is 0 Å². The Labute approximate surface area is 114 Å². The summed E-state index contributed by atoms with van der Waals surface area (Å²) >= 11 is 0. The number of H-pyrrole nitrogens is 1. The van der Waals surface area contributed by atoms with Gasteiger partial charge in [-0.25, -0.2) is 4.98 Å². The van der Waals surface area contributed by atoms with Crippen LogP contribution < -0.4 is 5.32 Å². The molecule has 2 heterocycles. The standard InChI is InChI=1S/C16H21N3/c1-11-3-4-14(7-12(11)2)15-10-18-16(19-15)8-13-5-6-17-9-13/h3-4,7,10,13,17H,5-6,8-9H2,1-2H3,(H,18,19). The molecule has 1 aromatic heterocycles. The minimum Gasteiger partial charge on any atom is -0.342 e. The summed E-state index contributed by atoms with van der Waals surface area (Å²) in [6, 6.07) is 6.56. The maximum Gasteiger partial charge on any atom is 0.106 e. The Kier molecular flexibility index (Phi) is 3.38. The van der Waals surface area contributed by atoms with E-state index in [-0.39, 0.29) is 0 Å². The van der Waals surface area contributed by atoms with Gasteiger partial charge in [-0.15, -0.1) is 0 Å². The number of imidazole rings is 1. The fourth-order valence-corrected chi connectivity index (χ4v) is 2.68. The molecule has 1 unspecified atom stereocenters. The molecule has 2 N–H and O–H groups in total. The highest BCUT2D eigenvalue weighted by Crippen LogP contribution is 2.21. The van der Waals surface area contributed by atoms with E-state index >= 15 is 0 Å². The summed E-state index contributed by atoms with van der Waals surface area (Å²) in [7, 11) is 0. The topological polar surface area (TPSA) is 40.7 Å². The SMILES string of the molecule is Cc1ccc(-c2cnc(CC3CCNC3)[nH]2)cc1C. The Bertz CT molecular complexity index is 565. The van der Waals surface area contributed by atoms with Crippen molar-refractivity contribution in [3.63, 3.8) is 0 Å². The summed E-state index contributed by atoms with van der Waals surface area (Å²) < 4.78 is 0. The Morgan fingerprint density at radius 3 is 2.89 bits per heavy atom. The minimum absolute atomic E-state index is 0.735. The molecule has 3 rings (SSSR count). The average Bonchev–Trinajstić information content (AvgIpc) is 3.05. The van der Waals surface area contributed by atoms with Crippen LogP contribution in [0.2, 0.25) is 0 Å². The zero-order chi connectivity index (χ0) is 13.2. The Morgan fingerprint density at radius 1 is 1.26 bits per heavy atom. The highest BCUT2D eigenvalue weighted by Gasteiger charge is 2.16. The number of rotatable bonds is 3. The Hall–Kier alpha value is -1.61. The second kappa shape index (κ2) is 5.17. The summed E-state index contributed by atoms with van der Waals surface area (Å²) in [6.07, 6.45) is 4.28. The molecule has 19 heavy (non-hydrogen) atoms. The lowest BCUT2D eigenvalue weighted by molar-refractivity contribution is 0.565. The van der Waals surface area contributed by atoms with E-state index in [2.05, 4.69) is 47.3 Å². The second-order valence-electron chi connectivity index (χ2n) is 5.61. The van der Waals surface area contributed by atoms with Gasteiger partial charge in [0.15, 0.2) is 0 Å². The first kappa shape index (κ1) is 12.4. The van der Waals surface area contributed by atoms with Gasteiger partial charge in [0.1, 0.15) is 5.82 Å². The molecule has 1 fully saturated rings. The normalized spacial score (nSPS) is 18.9. The van der Waals surface area contributed by atoms with E-state index in [9.17, 15) is 0 Å². The lowest BCUT2D eigenvalue weighted by Crippen LogP contribution is -2.11. The van der Waals surface area contributed by atoms with Crippen LogP contribution in [0, 0.1) is 19.8 Å². The molecule has 1 aliphatic heterocycles. The molecular formula is C16H21N3. The number of nitrogens with one attached hydrogen (secondary N) is 2. The summed E-state index contributed by atoms with van der Waals surface area (Å²) in [5.74, 6) is 1.85. The maximum atomic E-state index is 4.52. The van der Waals surface area contributed by atoms with Crippen molar-refractivity contribution in [2.75, 3.05) is 13.1 Å². The van der Waals surface area contributed by atoms with Crippen molar-refractivity contribution in [1.82, 2.24) is 15.3 Å². The van der Waals surface area contributed by atoms with Gasteiger partial charge in [-0.1, -0.05) is 12.1 Å². The van der Waals surface area contributed by atoms with Crippen molar-refractivity contribution >= 4 is 0 Å². The first-order chi connectivity index (χ1) is 9.22. The van der Waals surface area contributed by atoms with E-state index in [4.69, 9.17) is 0 Å². The van der Waals surface area contributed by atoms with E-state index < -0.39 is 0 Å². The Balaban J connectivity index is 1.78. The number of hydrogen-bond acceptors (Lipinski definition) is 2. The average molecular weight is 255 g/mol. The highest BCUT2D eigenvalue weighted by molar-refractivity contribution is 5.60. The van der Waals surface area contributed by atoms with Gasteiger partial charge in [0.05, 0.1) is 11.9 Å². The van der Waals surface area contributed by atoms with Gasteiger partial charge in [-0.2, -0.15) is 0 Å². The minimum atomic E-state index is 0.735. The van der Waals surface area contributed by atoms with Crippen LogP contribution in [-0.2, 0) is 6.42 Å². The smallest absolute Gasteiger partial charge is 0.106 e. The molecule has 0 spiro atoms. The lowest BCUT2D eigenvalue weighted by Gasteiger charge is -2.05. The first-order valence-electron chi connectivity index (χ1n) is 7.04. The van der Waals surface area contributed by atoms with E-state index in [0.29, 0.717) is 0 Å². The molecule has 1 aliphatic rings. The van der Waals surface area contributed by atoms with Gasteiger partial charge in [0, 0.05) is 6.42 Å². The summed E-state index contributed by atoms with van der Waals surface area (Å²) in [5, 5.41) is 3.40. The molecule has 3 nitrogen and oxygen atoms in total. The molecule has 100 valence electrons. The van der Waals surface area contributed by atoms with E-state index in [1.54, 1.807) is 0 Å². The summed E-state index contributed by atoms with van der Waals surface area (Å²) in [5.41, 5.74) is 5.02. The van der Waals surface area contributed by atoms with Crippen molar-refractivity contribution in [1.29, 1.82) is 0 Å². The predicted molar refractivity (Wildman–Crippen MR) is 78.2 cm³/mol.